The SMILES string of the molecule is CC1CCCCN1c1ccc(C(F)(F)F)cc1C(N)=S. The van der Waals surface area contributed by atoms with E-state index in [0.29, 0.717) is 11.3 Å². The van der Waals surface area contributed by atoms with Crippen LogP contribution in [-0.4, -0.2) is 17.6 Å². The molecule has 1 aromatic rings. The summed E-state index contributed by atoms with van der Waals surface area (Å²) in [7, 11) is 0. The van der Waals surface area contributed by atoms with Crippen LogP contribution in [0.5, 0.6) is 0 Å². The molecule has 1 fully saturated rings. The van der Waals surface area contributed by atoms with Crippen LogP contribution in [0.1, 0.15) is 37.3 Å². The number of thiocarbonyl (C=S) groups is 1. The predicted octanol–water partition coefficient (Wildman–Crippen LogP) is 3.72. The number of nitrogens with two attached hydrogens (primary N) is 1. The third kappa shape index (κ3) is 3.06. The van der Waals surface area contributed by atoms with Crippen LogP contribution in [0.25, 0.3) is 0 Å². The molecule has 2 nitrogen and oxygen atoms in total. The lowest BCUT2D eigenvalue weighted by molar-refractivity contribution is -0.137. The van der Waals surface area contributed by atoms with Gasteiger partial charge in [0.15, 0.2) is 0 Å². The number of nitrogens with zero attached hydrogens (tertiary/aromatic N) is 1. The molecule has 6 heteroatoms. The summed E-state index contributed by atoms with van der Waals surface area (Å²) in [4.78, 5) is 2.10. The van der Waals surface area contributed by atoms with E-state index in [9.17, 15) is 13.2 Å². The van der Waals surface area contributed by atoms with Gasteiger partial charge in [0.05, 0.1) is 5.56 Å². The van der Waals surface area contributed by atoms with Crippen LogP contribution in [0.15, 0.2) is 18.2 Å². The molecule has 1 unspecified atom stereocenters. The fraction of sp³-hybridized carbons (Fsp3) is 0.500. The van der Waals surface area contributed by atoms with Crippen molar-refractivity contribution >= 4 is 22.9 Å². The average Bonchev–Trinajstić information content (AvgIpc) is 2.37. The molecule has 1 heterocycles. The molecule has 2 N–H and O–H groups in total. The highest BCUT2D eigenvalue weighted by Gasteiger charge is 2.32. The summed E-state index contributed by atoms with van der Waals surface area (Å²) in [5, 5.41) is 0. The van der Waals surface area contributed by atoms with Gasteiger partial charge in [-0.05, 0) is 44.4 Å². The highest BCUT2D eigenvalue weighted by atomic mass is 32.1. The summed E-state index contributed by atoms with van der Waals surface area (Å²) in [6.45, 7) is 2.89. The number of anilines is 1. The minimum absolute atomic E-state index is 0.00359. The van der Waals surface area contributed by atoms with E-state index < -0.39 is 11.7 Å². The van der Waals surface area contributed by atoms with E-state index in [0.717, 1.165) is 37.9 Å². The molecule has 0 aromatic heterocycles. The number of hydrogen-bond donors (Lipinski definition) is 1. The lowest BCUT2D eigenvalue weighted by atomic mass is 10.00. The molecule has 0 saturated carbocycles. The Hall–Kier alpha value is -1.30. The summed E-state index contributed by atoms with van der Waals surface area (Å²) in [6.07, 6.45) is -1.19. The van der Waals surface area contributed by atoms with Crippen molar-refractivity contribution in [1.82, 2.24) is 0 Å². The third-order valence-corrected chi connectivity index (χ3v) is 3.92. The monoisotopic (exact) mass is 302 g/mol. The molecular weight excluding hydrogens is 285 g/mol. The van der Waals surface area contributed by atoms with E-state index >= 15 is 0 Å². The summed E-state index contributed by atoms with van der Waals surface area (Å²) >= 11 is 4.92. The van der Waals surface area contributed by atoms with Gasteiger partial charge in [-0.1, -0.05) is 12.2 Å². The van der Waals surface area contributed by atoms with Gasteiger partial charge in [-0.3, -0.25) is 0 Å². The molecule has 1 atom stereocenters. The largest absolute Gasteiger partial charge is 0.416 e. The van der Waals surface area contributed by atoms with Crippen LogP contribution in [0.2, 0.25) is 0 Å². The van der Waals surface area contributed by atoms with Gasteiger partial charge in [-0.2, -0.15) is 13.2 Å². The van der Waals surface area contributed by atoms with Crippen molar-refractivity contribution < 1.29 is 13.2 Å². The normalized spacial score (nSPS) is 20.0. The van der Waals surface area contributed by atoms with E-state index in [1.807, 2.05) is 0 Å². The molecule has 1 aliphatic rings. The maximum atomic E-state index is 12.8. The molecule has 1 aliphatic heterocycles. The second-order valence-corrected chi connectivity index (χ2v) is 5.57. The second kappa shape index (κ2) is 5.60. The average molecular weight is 302 g/mol. The minimum Gasteiger partial charge on any atom is -0.389 e. The maximum Gasteiger partial charge on any atom is 0.416 e. The second-order valence-electron chi connectivity index (χ2n) is 5.13. The Balaban J connectivity index is 2.45. The van der Waals surface area contributed by atoms with Gasteiger partial charge in [-0.25, -0.2) is 0 Å². The van der Waals surface area contributed by atoms with Gasteiger partial charge in [0.25, 0.3) is 0 Å². The topological polar surface area (TPSA) is 29.3 Å². The van der Waals surface area contributed by atoms with Crippen molar-refractivity contribution in [3.05, 3.63) is 29.3 Å². The fourth-order valence-corrected chi connectivity index (χ4v) is 2.78. The molecule has 0 radical (unpaired) electrons. The first kappa shape index (κ1) is 15.1. The Bertz CT molecular complexity index is 514. The number of alkyl halides is 3. The Labute approximate surface area is 121 Å². The molecule has 1 saturated heterocycles. The highest BCUT2D eigenvalue weighted by molar-refractivity contribution is 7.80. The summed E-state index contributed by atoms with van der Waals surface area (Å²) in [5.74, 6) is 0. The van der Waals surface area contributed by atoms with Gasteiger partial charge in [-0.15, -0.1) is 0 Å². The van der Waals surface area contributed by atoms with E-state index in [1.165, 1.54) is 6.07 Å². The van der Waals surface area contributed by atoms with Crippen LogP contribution in [0.3, 0.4) is 0 Å². The zero-order valence-corrected chi connectivity index (χ0v) is 12.0. The van der Waals surface area contributed by atoms with E-state index in [4.69, 9.17) is 18.0 Å². The Morgan fingerprint density at radius 1 is 1.35 bits per heavy atom. The molecule has 0 bridgehead atoms. The van der Waals surface area contributed by atoms with Gasteiger partial charge in [0.1, 0.15) is 4.99 Å². The molecule has 110 valence electrons. The number of piperidine rings is 1. The molecule has 0 spiro atoms. The van der Waals surface area contributed by atoms with Crippen molar-refractivity contribution in [1.29, 1.82) is 0 Å². The zero-order valence-electron chi connectivity index (χ0n) is 11.2. The van der Waals surface area contributed by atoms with Gasteiger partial charge in [0.2, 0.25) is 0 Å². The van der Waals surface area contributed by atoms with Crippen molar-refractivity contribution in [2.75, 3.05) is 11.4 Å². The van der Waals surface area contributed by atoms with Crippen LogP contribution < -0.4 is 10.6 Å². The van der Waals surface area contributed by atoms with Crippen LogP contribution in [0, 0.1) is 0 Å². The maximum absolute atomic E-state index is 12.8. The molecule has 2 rings (SSSR count). The Kier molecular flexibility index (Phi) is 4.22. The molecule has 20 heavy (non-hydrogen) atoms. The highest BCUT2D eigenvalue weighted by Crippen LogP contribution is 2.34. The smallest absolute Gasteiger partial charge is 0.389 e. The summed E-state index contributed by atoms with van der Waals surface area (Å²) in [6, 6.07) is 3.92. The van der Waals surface area contributed by atoms with E-state index in [1.54, 1.807) is 0 Å². The lowest BCUT2D eigenvalue weighted by Gasteiger charge is -2.36. The summed E-state index contributed by atoms with van der Waals surface area (Å²) in [5.41, 5.74) is 5.92. The number of hydrogen-bond acceptors (Lipinski definition) is 2. The van der Waals surface area contributed by atoms with Gasteiger partial charge >= 0.3 is 6.18 Å². The van der Waals surface area contributed by atoms with E-state index in [2.05, 4.69) is 11.8 Å². The Morgan fingerprint density at radius 2 is 2.05 bits per heavy atom. The minimum atomic E-state index is -4.38. The quantitative estimate of drug-likeness (QED) is 0.844. The molecule has 0 aliphatic carbocycles. The van der Waals surface area contributed by atoms with E-state index in [-0.39, 0.29) is 11.0 Å². The zero-order chi connectivity index (χ0) is 14.9. The number of benzene rings is 1. The van der Waals surface area contributed by atoms with Crippen molar-refractivity contribution in [2.24, 2.45) is 5.73 Å². The number of rotatable bonds is 2. The van der Waals surface area contributed by atoms with Gasteiger partial charge < -0.3 is 10.6 Å². The third-order valence-electron chi connectivity index (χ3n) is 3.70. The Morgan fingerprint density at radius 3 is 2.60 bits per heavy atom. The van der Waals surface area contributed by atoms with Crippen LogP contribution in [0.4, 0.5) is 18.9 Å². The standard InChI is InChI=1S/C14H17F3N2S/c1-9-4-2-3-7-19(9)12-6-5-10(14(15,16)17)8-11(12)13(18)20/h5-6,8-9H,2-4,7H2,1H3,(H2,18,20). The lowest BCUT2D eigenvalue weighted by Crippen LogP contribution is -2.38. The first-order valence-electron chi connectivity index (χ1n) is 6.58. The fourth-order valence-electron chi connectivity index (χ4n) is 2.62. The summed E-state index contributed by atoms with van der Waals surface area (Å²) < 4.78 is 38.4. The molecule has 1 aromatic carbocycles. The van der Waals surface area contributed by atoms with Crippen LogP contribution >= 0.6 is 12.2 Å². The van der Waals surface area contributed by atoms with Gasteiger partial charge in [0, 0.05) is 23.8 Å². The van der Waals surface area contributed by atoms with Crippen molar-refractivity contribution in [3.8, 4) is 0 Å². The van der Waals surface area contributed by atoms with Crippen molar-refractivity contribution in [2.45, 2.75) is 38.4 Å². The molecule has 0 amide bonds. The molecular formula is C14H17F3N2S. The number of halogens is 3. The van der Waals surface area contributed by atoms with Crippen LogP contribution in [-0.2, 0) is 6.18 Å². The predicted molar refractivity (Wildman–Crippen MR) is 78.0 cm³/mol. The first-order chi connectivity index (χ1) is 9.30. The van der Waals surface area contributed by atoms with Crippen molar-refractivity contribution in [3.63, 3.8) is 0 Å². The first-order valence-corrected chi connectivity index (χ1v) is 6.99.